The van der Waals surface area contributed by atoms with Gasteiger partial charge in [0.15, 0.2) is 5.82 Å². The summed E-state index contributed by atoms with van der Waals surface area (Å²) >= 11 is 5.93. The van der Waals surface area contributed by atoms with Crippen molar-refractivity contribution < 1.29 is 9.32 Å². The molecular weight excluding hydrogens is 320 g/mol. The molecule has 1 atom stereocenters. The second-order valence-corrected chi connectivity index (χ2v) is 5.62. The lowest BCUT2D eigenvalue weighted by atomic mass is 10.1. The summed E-state index contributed by atoms with van der Waals surface area (Å²) in [7, 11) is 3.54. The number of rotatable bonds is 4. The number of hydrogen-bond donors (Lipinski definition) is 1. The molecule has 120 valence electrons. The van der Waals surface area contributed by atoms with E-state index in [2.05, 4.69) is 20.6 Å². The Morgan fingerprint density at radius 2 is 2.17 bits per heavy atom. The zero-order valence-electron chi connectivity index (χ0n) is 12.8. The van der Waals surface area contributed by atoms with Crippen LogP contribution in [0.3, 0.4) is 0 Å². The Labute approximate surface area is 137 Å². The number of carbonyl (C=O) groups excluding carboxylic acids is 1. The molecule has 0 saturated carbocycles. The molecule has 0 saturated heterocycles. The van der Waals surface area contributed by atoms with Gasteiger partial charge in [-0.05, 0) is 6.07 Å². The van der Waals surface area contributed by atoms with Crippen molar-refractivity contribution >= 4 is 17.5 Å². The third-order valence-electron chi connectivity index (χ3n) is 3.34. The summed E-state index contributed by atoms with van der Waals surface area (Å²) < 4.78 is 8.31. The lowest BCUT2D eigenvalue weighted by Gasteiger charge is -2.14. The molecule has 0 bridgehead atoms. The van der Waals surface area contributed by atoms with E-state index in [4.69, 9.17) is 16.1 Å². The van der Waals surface area contributed by atoms with Crippen LogP contribution in [0.2, 0.25) is 5.02 Å². The van der Waals surface area contributed by atoms with Gasteiger partial charge >= 0.3 is 0 Å². The average Bonchev–Trinajstić information content (AvgIpc) is 3.17. The lowest BCUT2D eigenvalue weighted by Crippen LogP contribution is -2.31. The summed E-state index contributed by atoms with van der Waals surface area (Å²) in [4.78, 5) is 16.8. The van der Waals surface area contributed by atoms with Crippen molar-refractivity contribution in [2.75, 3.05) is 0 Å². The Morgan fingerprint density at radius 1 is 1.39 bits per heavy atom. The van der Waals surface area contributed by atoms with Crippen LogP contribution in [-0.4, -0.2) is 30.4 Å². The summed E-state index contributed by atoms with van der Waals surface area (Å²) in [6, 6.07) is 1.03. The van der Waals surface area contributed by atoms with Crippen molar-refractivity contribution in [3.63, 3.8) is 0 Å². The second-order valence-electron chi connectivity index (χ2n) is 5.18. The summed E-state index contributed by atoms with van der Waals surface area (Å²) in [5.74, 6) is 0.491. The van der Waals surface area contributed by atoms with E-state index in [0.717, 1.165) is 5.56 Å². The predicted molar refractivity (Wildman–Crippen MR) is 82.0 cm³/mol. The first-order chi connectivity index (χ1) is 10.9. The van der Waals surface area contributed by atoms with Crippen LogP contribution >= 0.6 is 11.6 Å². The quantitative estimate of drug-likeness (QED) is 0.783. The molecule has 0 aromatic carbocycles. The van der Waals surface area contributed by atoms with Gasteiger partial charge in [0.25, 0.3) is 5.91 Å². The van der Waals surface area contributed by atoms with Gasteiger partial charge in [-0.15, -0.1) is 0 Å². The minimum atomic E-state index is -0.567. The molecule has 8 nitrogen and oxygen atoms in total. The van der Waals surface area contributed by atoms with Crippen molar-refractivity contribution in [2.24, 2.45) is 14.1 Å². The van der Waals surface area contributed by atoms with Crippen molar-refractivity contribution in [2.45, 2.75) is 13.0 Å². The van der Waals surface area contributed by atoms with Crippen molar-refractivity contribution in [1.29, 1.82) is 0 Å². The molecule has 3 rings (SSSR count). The molecule has 3 aromatic heterocycles. The summed E-state index contributed by atoms with van der Waals surface area (Å²) in [6.45, 7) is 1.69. The number of nitrogens with one attached hydrogen (secondary N) is 1. The predicted octanol–water partition coefficient (Wildman–Crippen LogP) is 1.62. The van der Waals surface area contributed by atoms with Crippen molar-refractivity contribution in [3.8, 4) is 0 Å². The molecule has 0 aliphatic rings. The van der Waals surface area contributed by atoms with Crippen molar-refractivity contribution in [3.05, 3.63) is 52.7 Å². The van der Waals surface area contributed by atoms with Gasteiger partial charge < -0.3 is 14.4 Å². The molecule has 0 aliphatic heterocycles. The van der Waals surface area contributed by atoms with Gasteiger partial charge in [-0.1, -0.05) is 16.8 Å². The third kappa shape index (κ3) is 3.11. The lowest BCUT2D eigenvalue weighted by molar-refractivity contribution is 0.0933. The summed E-state index contributed by atoms with van der Waals surface area (Å²) in [6.07, 6.45) is 5.09. The fourth-order valence-electron chi connectivity index (χ4n) is 2.27. The van der Waals surface area contributed by atoms with Crippen LogP contribution in [0.4, 0.5) is 0 Å². The summed E-state index contributed by atoms with van der Waals surface area (Å²) in [5.41, 5.74) is 1.19. The minimum absolute atomic E-state index is 0.296. The highest BCUT2D eigenvalue weighted by molar-refractivity contribution is 6.31. The van der Waals surface area contributed by atoms with E-state index in [1.54, 1.807) is 54.9 Å². The molecule has 0 aliphatic carbocycles. The molecule has 0 fully saturated rings. The van der Waals surface area contributed by atoms with E-state index in [-0.39, 0.29) is 5.91 Å². The molecule has 1 unspecified atom stereocenters. The number of aryl methyl sites for hydroxylation is 3. The molecule has 23 heavy (non-hydrogen) atoms. The zero-order valence-corrected chi connectivity index (χ0v) is 13.6. The number of carbonyl (C=O) groups is 1. The molecule has 1 N–H and O–H groups in total. The highest BCUT2D eigenvalue weighted by Crippen LogP contribution is 2.20. The minimum Gasteiger partial charge on any atom is -0.345 e. The molecule has 3 heterocycles. The Bertz CT molecular complexity index is 809. The van der Waals surface area contributed by atoms with Gasteiger partial charge in [-0.25, -0.2) is 0 Å². The topological polar surface area (TPSA) is 90.8 Å². The highest BCUT2D eigenvalue weighted by atomic mass is 35.5. The van der Waals surface area contributed by atoms with Gasteiger partial charge in [0.05, 0.1) is 11.2 Å². The van der Waals surface area contributed by atoms with Crippen LogP contribution in [0.1, 0.15) is 33.8 Å². The van der Waals surface area contributed by atoms with Gasteiger partial charge in [0.1, 0.15) is 11.7 Å². The molecular formula is C14H15ClN6O2. The van der Waals surface area contributed by atoms with Gasteiger partial charge in [-0.2, -0.15) is 10.1 Å². The van der Waals surface area contributed by atoms with E-state index >= 15 is 0 Å². The number of hydrogen-bond acceptors (Lipinski definition) is 5. The van der Waals surface area contributed by atoms with Crippen LogP contribution < -0.4 is 5.32 Å². The fraction of sp³-hybridized carbons (Fsp3) is 0.286. The number of aromatic nitrogens is 5. The molecule has 1 amide bonds. The monoisotopic (exact) mass is 334 g/mol. The van der Waals surface area contributed by atoms with E-state index < -0.39 is 6.04 Å². The van der Waals surface area contributed by atoms with Gasteiger partial charge in [0.2, 0.25) is 5.89 Å². The maximum Gasteiger partial charge on any atom is 0.268 e. The molecule has 0 spiro atoms. The first kappa shape index (κ1) is 15.3. The first-order valence-corrected chi connectivity index (χ1v) is 7.23. The Balaban J connectivity index is 1.93. The van der Waals surface area contributed by atoms with Gasteiger partial charge in [-0.3, -0.25) is 9.48 Å². The van der Waals surface area contributed by atoms with Crippen LogP contribution in [-0.2, 0) is 14.1 Å². The van der Waals surface area contributed by atoms with E-state index in [1.807, 2.05) is 0 Å². The van der Waals surface area contributed by atoms with Crippen LogP contribution in [0.5, 0.6) is 0 Å². The van der Waals surface area contributed by atoms with Crippen LogP contribution in [0.25, 0.3) is 0 Å². The maximum atomic E-state index is 12.5. The normalized spacial score (nSPS) is 12.3. The number of nitrogens with zero attached hydrogens (tertiary/aromatic N) is 5. The SMILES string of the molecule is Cc1nc(C(NC(=O)c2cc(Cl)cn2C)c2cnn(C)c2)no1. The molecule has 0 radical (unpaired) electrons. The molecule has 3 aromatic rings. The second kappa shape index (κ2) is 5.88. The first-order valence-electron chi connectivity index (χ1n) is 6.85. The number of amides is 1. The van der Waals surface area contributed by atoms with Crippen LogP contribution in [0.15, 0.2) is 29.2 Å². The van der Waals surface area contributed by atoms with E-state index in [1.165, 1.54) is 0 Å². The number of halogens is 1. The van der Waals surface area contributed by atoms with Crippen molar-refractivity contribution in [1.82, 2.24) is 29.8 Å². The smallest absolute Gasteiger partial charge is 0.268 e. The fourth-order valence-corrected chi connectivity index (χ4v) is 2.52. The standard InChI is InChI=1S/C14H15ClN6O2/c1-8-17-13(19-23-8)12(9-5-16-21(3)6-9)18-14(22)11-4-10(15)7-20(11)2/h4-7,12H,1-3H3,(H,18,22). The Morgan fingerprint density at radius 3 is 2.70 bits per heavy atom. The Hall–Kier alpha value is -2.61. The Kier molecular flexibility index (Phi) is 3.91. The van der Waals surface area contributed by atoms with Crippen LogP contribution in [0, 0.1) is 6.92 Å². The zero-order chi connectivity index (χ0) is 16.6. The largest absolute Gasteiger partial charge is 0.345 e. The molecule has 9 heteroatoms. The van der Waals surface area contributed by atoms with E-state index in [0.29, 0.717) is 22.4 Å². The highest BCUT2D eigenvalue weighted by Gasteiger charge is 2.25. The average molecular weight is 335 g/mol. The van der Waals surface area contributed by atoms with E-state index in [9.17, 15) is 4.79 Å². The van der Waals surface area contributed by atoms with Gasteiger partial charge in [0, 0.05) is 39.0 Å². The maximum absolute atomic E-state index is 12.5. The third-order valence-corrected chi connectivity index (χ3v) is 3.55. The summed E-state index contributed by atoms with van der Waals surface area (Å²) in [5, 5.41) is 11.4.